The van der Waals surface area contributed by atoms with Gasteiger partial charge in [0.1, 0.15) is 29.6 Å². The van der Waals surface area contributed by atoms with Crippen LogP contribution < -0.4 is 14.2 Å². The normalized spacial score (nSPS) is 12.2. The average molecular weight is 326 g/mol. The first-order chi connectivity index (χ1) is 11.6. The molecule has 5 nitrogen and oxygen atoms in total. The lowest BCUT2D eigenvalue weighted by atomic mass is 9.83. The number of carbonyl (C=O) groups excluding carboxylic acids is 1. The van der Waals surface area contributed by atoms with E-state index in [2.05, 4.69) is 6.58 Å². The number of fused-ring (bicyclic) bond motifs is 2. The topological polar surface area (TPSA) is 65.0 Å². The molecule has 24 heavy (non-hydrogen) atoms. The van der Waals surface area contributed by atoms with E-state index in [1.54, 1.807) is 31.4 Å². The summed E-state index contributed by atoms with van der Waals surface area (Å²) in [5.74, 6) is 1.24. The summed E-state index contributed by atoms with van der Waals surface area (Å²) in [6.07, 6.45) is 2.04. The highest BCUT2D eigenvalue weighted by Crippen LogP contribution is 2.42. The molecule has 0 aromatic heterocycles. The van der Waals surface area contributed by atoms with Crippen molar-refractivity contribution in [2.75, 3.05) is 20.8 Å². The summed E-state index contributed by atoms with van der Waals surface area (Å²) in [5.41, 5.74) is 2.14. The minimum absolute atomic E-state index is 0.0630. The van der Waals surface area contributed by atoms with Gasteiger partial charge in [0.05, 0.1) is 25.3 Å². The summed E-state index contributed by atoms with van der Waals surface area (Å²) in [6.45, 7) is 3.89. The molecule has 0 atom stereocenters. The highest BCUT2D eigenvalue weighted by atomic mass is 16.5. The number of carbonyl (C=O) groups is 1. The molecule has 124 valence electrons. The van der Waals surface area contributed by atoms with Crippen LogP contribution in [0.2, 0.25) is 0 Å². The zero-order valence-corrected chi connectivity index (χ0v) is 13.6. The first-order valence-corrected chi connectivity index (χ1v) is 7.48. The summed E-state index contributed by atoms with van der Waals surface area (Å²) < 4.78 is 16.3. The number of ether oxygens (including phenoxy) is 3. The zero-order chi connectivity index (χ0) is 17.3. The second kappa shape index (κ2) is 6.28. The maximum absolute atomic E-state index is 13.0. The molecule has 0 amide bonds. The summed E-state index contributed by atoms with van der Waals surface area (Å²) in [4.78, 5) is 13.0. The fourth-order valence-electron chi connectivity index (χ4n) is 2.97. The Labute approximate surface area is 140 Å². The van der Waals surface area contributed by atoms with E-state index in [4.69, 9.17) is 14.2 Å². The first-order valence-electron chi connectivity index (χ1n) is 7.48. The van der Waals surface area contributed by atoms with Crippen molar-refractivity contribution in [3.63, 3.8) is 0 Å². The number of rotatable bonds is 5. The SMILES string of the molecule is C=CCOc1cc(OC)cc2c1C(=O)c1c(O)ccc(OC)c1C2. The second-order valence-electron chi connectivity index (χ2n) is 5.41. The molecular weight excluding hydrogens is 308 g/mol. The third-order valence-electron chi connectivity index (χ3n) is 4.04. The molecule has 0 radical (unpaired) electrons. The Morgan fingerprint density at radius 2 is 1.96 bits per heavy atom. The van der Waals surface area contributed by atoms with Crippen molar-refractivity contribution in [2.24, 2.45) is 0 Å². The van der Waals surface area contributed by atoms with Crippen molar-refractivity contribution >= 4 is 5.78 Å². The molecule has 0 aliphatic heterocycles. The Bertz CT molecular complexity index is 823. The van der Waals surface area contributed by atoms with Crippen molar-refractivity contribution < 1.29 is 24.1 Å². The maximum Gasteiger partial charge on any atom is 0.201 e. The molecule has 3 rings (SSSR count). The highest BCUT2D eigenvalue weighted by Gasteiger charge is 2.32. The lowest BCUT2D eigenvalue weighted by molar-refractivity contribution is 0.102. The number of hydrogen-bond donors (Lipinski definition) is 1. The summed E-state index contributed by atoms with van der Waals surface area (Å²) in [5, 5.41) is 10.2. The number of methoxy groups -OCH3 is 2. The number of ketones is 1. The van der Waals surface area contributed by atoms with E-state index in [1.807, 2.05) is 0 Å². The fourth-order valence-corrected chi connectivity index (χ4v) is 2.97. The fraction of sp³-hybridized carbons (Fsp3) is 0.211. The molecule has 0 spiro atoms. The van der Waals surface area contributed by atoms with Gasteiger partial charge in [0.2, 0.25) is 5.78 Å². The lowest BCUT2D eigenvalue weighted by Crippen LogP contribution is -2.18. The van der Waals surface area contributed by atoms with Crippen LogP contribution in [-0.2, 0) is 6.42 Å². The quantitative estimate of drug-likeness (QED) is 0.730. The Kier molecular flexibility index (Phi) is 4.16. The van der Waals surface area contributed by atoms with Crippen molar-refractivity contribution in [3.8, 4) is 23.0 Å². The standard InChI is InChI=1S/C19H18O5/c1-4-7-24-16-10-12(22-2)8-11-9-13-15(23-3)6-5-14(20)18(13)19(21)17(11)16/h4-6,8,10,20H,1,7,9H2,2-3H3. The molecule has 1 aliphatic rings. The van der Waals surface area contributed by atoms with Crippen molar-refractivity contribution in [3.05, 3.63) is 59.2 Å². The molecule has 1 N–H and O–H groups in total. The smallest absolute Gasteiger partial charge is 0.201 e. The van der Waals surface area contributed by atoms with Crippen molar-refractivity contribution in [1.82, 2.24) is 0 Å². The summed E-state index contributed by atoms with van der Waals surface area (Å²) in [6, 6.07) is 6.60. The number of aromatic hydroxyl groups is 1. The molecule has 0 saturated carbocycles. The minimum Gasteiger partial charge on any atom is -0.507 e. The van der Waals surface area contributed by atoms with Gasteiger partial charge in [0.25, 0.3) is 0 Å². The Morgan fingerprint density at radius 1 is 1.17 bits per heavy atom. The molecule has 0 fully saturated rings. The van der Waals surface area contributed by atoms with E-state index in [0.717, 1.165) is 5.56 Å². The van der Waals surface area contributed by atoms with Crippen LogP contribution in [0.1, 0.15) is 27.0 Å². The van der Waals surface area contributed by atoms with Gasteiger partial charge in [0, 0.05) is 18.1 Å². The molecule has 1 aliphatic carbocycles. The van der Waals surface area contributed by atoms with Crippen LogP contribution in [0, 0.1) is 0 Å². The van der Waals surface area contributed by atoms with Crippen LogP contribution in [-0.4, -0.2) is 31.7 Å². The van der Waals surface area contributed by atoms with Crippen LogP contribution in [0.25, 0.3) is 0 Å². The number of phenolic OH excluding ortho intramolecular Hbond substituents is 1. The van der Waals surface area contributed by atoms with Gasteiger partial charge < -0.3 is 19.3 Å². The van der Waals surface area contributed by atoms with Gasteiger partial charge in [-0.25, -0.2) is 0 Å². The van der Waals surface area contributed by atoms with Gasteiger partial charge >= 0.3 is 0 Å². The number of phenols is 1. The van der Waals surface area contributed by atoms with Gasteiger partial charge in [-0.1, -0.05) is 12.7 Å². The van der Waals surface area contributed by atoms with Gasteiger partial charge in [-0.05, 0) is 23.8 Å². The molecule has 2 aromatic carbocycles. The van der Waals surface area contributed by atoms with Gasteiger partial charge in [0.15, 0.2) is 0 Å². The van der Waals surface area contributed by atoms with Crippen molar-refractivity contribution in [1.29, 1.82) is 0 Å². The first kappa shape index (κ1) is 15.9. The Balaban J connectivity index is 2.21. The van der Waals surface area contributed by atoms with E-state index >= 15 is 0 Å². The molecule has 0 bridgehead atoms. The lowest BCUT2D eigenvalue weighted by Gasteiger charge is -2.24. The molecule has 0 saturated heterocycles. The van der Waals surface area contributed by atoms with E-state index in [0.29, 0.717) is 34.8 Å². The monoisotopic (exact) mass is 326 g/mol. The number of benzene rings is 2. The van der Waals surface area contributed by atoms with E-state index in [9.17, 15) is 9.90 Å². The van der Waals surface area contributed by atoms with Crippen LogP contribution in [0.4, 0.5) is 0 Å². The molecular formula is C19H18O5. The van der Waals surface area contributed by atoms with Crippen molar-refractivity contribution in [2.45, 2.75) is 6.42 Å². The molecule has 0 heterocycles. The minimum atomic E-state index is -0.288. The van der Waals surface area contributed by atoms with Crippen LogP contribution in [0.3, 0.4) is 0 Å². The largest absolute Gasteiger partial charge is 0.507 e. The van der Waals surface area contributed by atoms with Crippen LogP contribution >= 0.6 is 0 Å². The predicted octanol–water partition coefficient (Wildman–Crippen LogP) is 3.11. The van der Waals surface area contributed by atoms with Gasteiger partial charge in [-0.2, -0.15) is 0 Å². The number of hydrogen-bond acceptors (Lipinski definition) is 5. The van der Waals surface area contributed by atoms with E-state index in [1.165, 1.54) is 13.2 Å². The molecule has 2 aromatic rings. The predicted molar refractivity (Wildman–Crippen MR) is 89.6 cm³/mol. The van der Waals surface area contributed by atoms with Crippen LogP contribution in [0.5, 0.6) is 23.0 Å². The third kappa shape index (κ3) is 2.48. The van der Waals surface area contributed by atoms with E-state index in [-0.39, 0.29) is 23.7 Å². The summed E-state index contributed by atoms with van der Waals surface area (Å²) >= 11 is 0. The Morgan fingerprint density at radius 3 is 2.62 bits per heavy atom. The summed E-state index contributed by atoms with van der Waals surface area (Å²) in [7, 11) is 3.10. The zero-order valence-electron chi connectivity index (χ0n) is 13.6. The third-order valence-corrected chi connectivity index (χ3v) is 4.04. The maximum atomic E-state index is 13.0. The molecule has 5 heteroatoms. The average Bonchev–Trinajstić information content (AvgIpc) is 2.59. The Hall–Kier alpha value is -2.95. The van der Waals surface area contributed by atoms with Gasteiger partial charge in [-0.3, -0.25) is 4.79 Å². The van der Waals surface area contributed by atoms with E-state index < -0.39 is 0 Å². The van der Waals surface area contributed by atoms with Gasteiger partial charge in [-0.15, -0.1) is 0 Å². The molecule has 0 unspecified atom stereocenters. The highest BCUT2D eigenvalue weighted by molar-refractivity contribution is 6.16. The van der Waals surface area contributed by atoms with Crippen LogP contribution in [0.15, 0.2) is 36.9 Å². The second-order valence-corrected chi connectivity index (χ2v) is 5.41.